The van der Waals surface area contributed by atoms with Crippen LogP contribution in [0.3, 0.4) is 0 Å². The number of hydrogen-bond donors (Lipinski definition) is 0. The van der Waals surface area contributed by atoms with Gasteiger partial charge in [0.15, 0.2) is 0 Å². The summed E-state index contributed by atoms with van der Waals surface area (Å²) in [6.45, 7) is 4.24. The zero-order valence-electron chi connectivity index (χ0n) is 11.9. The Labute approximate surface area is 128 Å². The Morgan fingerprint density at radius 3 is 1.48 bits per heavy atom. The molecule has 0 unspecified atom stereocenters. The zero-order chi connectivity index (χ0) is 13.9. The van der Waals surface area contributed by atoms with Crippen LogP contribution in [-0.2, 0) is 0 Å². The highest BCUT2D eigenvalue weighted by Crippen LogP contribution is 2.25. The Hall–Kier alpha value is -2.34. The van der Waals surface area contributed by atoms with Crippen molar-refractivity contribution in [2.45, 2.75) is 21.3 Å². The average Bonchev–Trinajstić information content (AvgIpc) is 2.48. The molecule has 0 N–H and O–H groups in total. The van der Waals surface area contributed by atoms with Gasteiger partial charge in [-0.25, -0.2) is 0 Å². The van der Waals surface area contributed by atoms with Crippen molar-refractivity contribution in [2.75, 3.05) is 0 Å². The lowest BCUT2D eigenvalue weighted by atomic mass is 9.99. The van der Waals surface area contributed by atoms with Gasteiger partial charge >= 0.3 is 0 Å². The summed E-state index contributed by atoms with van der Waals surface area (Å²) in [5.74, 6) is 0. The van der Waals surface area contributed by atoms with Crippen LogP contribution in [0, 0.1) is 13.8 Å². The van der Waals surface area contributed by atoms with E-state index in [2.05, 4.69) is 86.6 Å². The fourth-order valence-corrected chi connectivity index (χ4v) is 2.43. The molecular formula is C21H22. The van der Waals surface area contributed by atoms with E-state index in [-0.39, 0.29) is 7.43 Å². The SMILES string of the molecule is C.Cc1ccc(-c2ccc(-c3cccc(C)c3)cc2)cc1. The largest absolute Gasteiger partial charge is 0.0776 e. The van der Waals surface area contributed by atoms with Gasteiger partial charge in [0.25, 0.3) is 0 Å². The van der Waals surface area contributed by atoms with E-state index in [4.69, 9.17) is 0 Å². The van der Waals surface area contributed by atoms with Gasteiger partial charge in [0.1, 0.15) is 0 Å². The third-order valence-electron chi connectivity index (χ3n) is 3.62. The lowest BCUT2D eigenvalue weighted by molar-refractivity contribution is 1.46. The summed E-state index contributed by atoms with van der Waals surface area (Å²) in [5, 5.41) is 0. The maximum absolute atomic E-state index is 2.22. The van der Waals surface area contributed by atoms with Crippen LogP contribution in [0.5, 0.6) is 0 Å². The van der Waals surface area contributed by atoms with E-state index in [1.54, 1.807) is 0 Å². The summed E-state index contributed by atoms with van der Waals surface area (Å²) >= 11 is 0. The van der Waals surface area contributed by atoms with Crippen molar-refractivity contribution in [3.63, 3.8) is 0 Å². The summed E-state index contributed by atoms with van der Waals surface area (Å²) in [5.41, 5.74) is 7.67. The summed E-state index contributed by atoms with van der Waals surface area (Å²) in [6, 6.07) is 26.1. The molecule has 0 atom stereocenters. The molecular weight excluding hydrogens is 252 g/mol. The fourth-order valence-electron chi connectivity index (χ4n) is 2.43. The van der Waals surface area contributed by atoms with Crippen molar-refractivity contribution in [2.24, 2.45) is 0 Å². The molecule has 3 aromatic carbocycles. The Morgan fingerprint density at radius 1 is 0.476 bits per heavy atom. The molecule has 0 amide bonds. The molecule has 3 rings (SSSR count). The molecule has 0 aromatic heterocycles. The van der Waals surface area contributed by atoms with E-state index in [1.165, 1.54) is 33.4 Å². The van der Waals surface area contributed by atoms with Crippen molar-refractivity contribution in [1.82, 2.24) is 0 Å². The summed E-state index contributed by atoms with van der Waals surface area (Å²) < 4.78 is 0. The van der Waals surface area contributed by atoms with Crippen LogP contribution in [-0.4, -0.2) is 0 Å². The smallest absolute Gasteiger partial charge is 0.0181 e. The predicted molar refractivity (Wildman–Crippen MR) is 93.5 cm³/mol. The van der Waals surface area contributed by atoms with Crippen LogP contribution in [0.15, 0.2) is 72.8 Å². The standard InChI is InChI=1S/C20H18.CH4/c1-15-6-8-17(9-7-15)18-10-12-19(13-11-18)20-5-3-4-16(2)14-20;/h3-14H,1-2H3;1H4. The second-order valence-electron chi connectivity index (χ2n) is 5.31. The molecule has 0 saturated heterocycles. The van der Waals surface area contributed by atoms with Gasteiger partial charge in [-0.05, 0) is 36.1 Å². The molecule has 0 nitrogen and oxygen atoms in total. The Bertz CT molecular complexity index is 704. The van der Waals surface area contributed by atoms with Crippen LogP contribution < -0.4 is 0 Å². The first-order valence-electron chi connectivity index (χ1n) is 6.96. The van der Waals surface area contributed by atoms with Crippen LogP contribution in [0.4, 0.5) is 0 Å². The highest BCUT2D eigenvalue weighted by atomic mass is 14.0. The van der Waals surface area contributed by atoms with E-state index < -0.39 is 0 Å². The Morgan fingerprint density at radius 2 is 0.952 bits per heavy atom. The molecule has 0 bridgehead atoms. The van der Waals surface area contributed by atoms with E-state index in [9.17, 15) is 0 Å². The van der Waals surface area contributed by atoms with Crippen LogP contribution in [0.2, 0.25) is 0 Å². The average molecular weight is 274 g/mol. The maximum atomic E-state index is 2.22. The first-order valence-corrected chi connectivity index (χ1v) is 6.96. The molecule has 0 radical (unpaired) electrons. The van der Waals surface area contributed by atoms with E-state index in [0.717, 1.165) is 0 Å². The molecule has 0 fully saturated rings. The molecule has 0 heteroatoms. The maximum Gasteiger partial charge on any atom is -0.0181 e. The Kier molecular flexibility index (Phi) is 4.59. The fraction of sp³-hybridized carbons (Fsp3) is 0.143. The molecule has 106 valence electrons. The van der Waals surface area contributed by atoms with Crippen molar-refractivity contribution < 1.29 is 0 Å². The molecule has 3 aromatic rings. The summed E-state index contributed by atoms with van der Waals surface area (Å²) in [7, 11) is 0. The van der Waals surface area contributed by atoms with Crippen molar-refractivity contribution in [3.8, 4) is 22.3 Å². The highest BCUT2D eigenvalue weighted by Gasteiger charge is 2.00. The topological polar surface area (TPSA) is 0 Å². The van der Waals surface area contributed by atoms with E-state index in [1.807, 2.05) is 0 Å². The Balaban J connectivity index is 0.00000161. The molecule has 21 heavy (non-hydrogen) atoms. The second kappa shape index (κ2) is 6.41. The third-order valence-corrected chi connectivity index (χ3v) is 3.62. The minimum Gasteiger partial charge on any atom is -0.0776 e. The summed E-state index contributed by atoms with van der Waals surface area (Å²) in [6.07, 6.45) is 0. The van der Waals surface area contributed by atoms with Crippen LogP contribution in [0.1, 0.15) is 18.6 Å². The van der Waals surface area contributed by atoms with Crippen LogP contribution >= 0.6 is 0 Å². The lowest BCUT2D eigenvalue weighted by Gasteiger charge is -2.06. The van der Waals surface area contributed by atoms with Crippen LogP contribution in [0.25, 0.3) is 22.3 Å². The minimum atomic E-state index is 0. The first kappa shape index (κ1) is 15.1. The molecule has 0 saturated carbocycles. The quantitative estimate of drug-likeness (QED) is 0.516. The molecule has 0 spiro atoms. The number of rotatable bonds is 2. The first-order chi connectivity index (χ1) is 9.72. The molecule has 0 aliphatic heterocycles. The summed E-state index contributed by atoms with van der Waals surface area (Å²) in [4.78, 5) is 0. The number of aryl methyl sites for hydroxylation is 2. The molecule has 0 heterocycles. The number of benzene rings is 3. The molecule has 0 aliphatic carbocycles. The van der Waals surface area contributed by atoms with Crippen molar-refractivity contribution in [1.29, 1.82) is 0 Å². The van der Waals surface area contributed by atoms with Crippen molar-refractivity contribution in [3.05, 3.63) is 83.9 Å². The van der Waals surface area contributed by atoms with Gasteiger partial charge in [-0.3, -0.25) is 0 Å². The highest BCUT2D eigenvalue weighted by molar-refractivity contribution is 5.70. The van der Waals surface area contributed by atoms with Gasteiger partial charge in [-0.2, -0.15) is 0 Å². The van der Waals surface area contributed by atoms with Gasteiger partial charge in [-0.15, -0.1) is 0 Å². The van der Waals surface area contributed by atoms with E-state index in [0.29, 0.717) is 0 Å². The van der Waals surface area contributed by atoms with Gasteiger partial charge in [0.05, 0.1) is 0 Å². The van der Waals surface area contributed by atoms with Gasteiger partial charge in [0.2, 0.25) is 0 Å². The third kappa shape index (κ3) is 3.41. The van der Waals surface area contributed by atoms with Gasteiger partial charge in [-0.1, -0.05) is 91.3 Å². The second-order valence-corrected chi connectivity index (χ2v) is 5.31. The molecule has 0 aliphatic rings. The van der Waals surface area contributed by atoms with E-state index >= 15 is 0 Å². The van der Waals surface area contributed by atoms with Gasteiger partial charge < -0.3 is 0 Å². The normalized spacial score (nSPS) is 10.0. The van der Waals surface area contributed by atoms with Gasteiger partial charge in [0, 0.05) is 0 Å². The predicted octanol–water partition coefficient (Wildman–Crippen LogP) is 6.27. The minimum absolute atomic E-state index is 0. The monoisotopic (exact) mass is 274 g/mol. The lowest BCUT2D eigenvalue weighted by Crippen LogP contribution is -1.81. The van der Waals surface area contributed by atoms with Crippen molar-refractivity contribution >= 4 is 0 Å². The number of hydrogen-bond acceptors (Lipinski definition) is 0. The zero-order valence-corrected chi connectivity index (χ0v) is 11.9.